The van der Waals surface area contributed by atoms with E-state index in [4.69, 9.17) is 4.74 Å². The summed E-state index contributed by atoms with van der Waals surface area (Å²) in [6.45, 7) is 3.10. The van der Waals surface area contributed by atoms with E-state index in [0.29, 0.717) is 6.04 Å². The Morgan fingerprint density at radius 2 is 1.69 bits per heavy atom. The van der Waals surface area contributed by atoms with Crippen LogP contribution < -0.4 is 5.32 Å². The lowest BCUT2D eigenvalue weighted by atomic mass is 10.00. The van der Waals surface area contributed by atoms with Gasteiger partial charge in [-0.05, 0) is 25.3 Å². The molecule has 0 aromatic carbocycles. The van der Waals surface area contributed by atoms with E-state index in [1.54, 1.807) is 0 Å². The minimum atomic E-state index is 0.670. The van der Waals surface area contributed by atoms with Gasteiger partial charge in [0.05, 0.1) is 19.3 Å². The summed E-state index contributed by atoms with van der Waals surface area (Å²) in [5.74, 6) is 0.947. The molecule has 1 saturated carbocycles. The Labute approximate surface area is 81.0 Å². The Bertz CT molecular complexity index is 137. The standard InChI is InChI=1S/C11H21NO/c1-2-4-6-10(5-3-1)7-12-11-8-13-9-11/h10-12H,1-9H2. The second-order valence-electron chi connectivity index (χ2n) is 4.50. The van der Waals surface area contributed by atoms with Crippen LogP contribution in [0.2, 0.25) is 0 Å². The maximum absolute atomic E-state index is 5.14. The molecule has 2 rings (SSSR count). The third-order valence-corrected chi connectivity index (χ3v) is 3.31. The molecule has 13 heavy (non-hydrogen) atoms. The number of hydrogen-bond donors (Lipinski definition) is 1. The molecule has 76 valence electrons. The summed E-state index contributed by atoms with van der Waals surface area (Å²) in [5.41, 5.74) is 0. The molecule has 2 aliphatic rings. The van der Waals surface area contributed by atoms with Gasteiger partial charge in [0.25, 0.3) is 0 Å². The van der Waals surface area contributed by atoms with Gasteiger partial charge in [-0.2, -0.15) is 0 Å². The van der Waals surface area contributed by atoms with E-state index in [0.717, 1.165) is 19.1 Å². The normalized spacial score (nSPS) is 26.8. The van der Waals surface area contributed by atoms with Crippen molar-refractivity contribution in [1.82, 2.24) is 5.32 Å². The van der Waals surface area contributed by atoms with Crippen LogP contribution in [0.4, 0.5) is 0 Å². The van der Waals surface area contributed by atoms with Gasteiger partial charge in [0.2, 0.25) is 0 Å². The van der Waals surface area contributed by atoms with Crippen molar-refractivity contribution in [2.75, 3.05) is 19.8 Å². The maximum Gasteiger partial charge on any atom is 0.0643 e. The van der Waals surface area contributed by atoms with Gasteiger partial charge < -0.3 is 10.1 Å². The lowest BCUT2D eigenvalue weighted by Gasteiger charge is -2.28. The van der Waals surface area contributed by atoms with Crippen LogP contribution in [0.25, 0.3) is 0 Å². The van der Waals surface area contributed by atoms with Crippen molar-refractivity contribution in [1.29, 1.82) is 0 Å². The van der Waals surface area contributed by atoms with Gasteiger partial charge in [0.15, 0.2) is 0 Å². The van der Waals surface area contributed by atoms with Crippen molar-refractivity contribution in [3.63, 3.8) is 0 Å². The highest BCUT2D eigenvalue weighted by atomic mass is 16.5. The first kappa shape index (κ1) is 9.47. The fourth-order valence-electron chi connectivity index (χ4n) is 2.25. The smallest absolute Gasteiger partial charge is 0.0643 e. The molecule has 1 N–H and O–H groups in total. The maximum atomic E-state index is 5.14. The summed E-state index contributed by atoms with van der Waals surface area (Å²) in [6, 6.07) is 0.670. The Hall–Kier alpha value is -0.0800. The number of hydrogen-bond acceptors (Lipinski definition) is 2. The van der Waals surface area contributed by atoms with E-state index in [1.807, 2.05) is 0 Å². The molecule has 1 heterocycles. The Morgan fingerprint density at radius 1 is 1.00 bits per heavy atom. The van der Waals surface area contributed by atoms with E-state index in [9.17, 15) is 0 Å². The van der Waals surface area contributed by atoms with Crippen LogP contribution in [0, 0.1) is 5.92 Å². The van der Waals surface area contributed by atoms with Crippen LogP contribution in [0.5, 0.6) is 0 Å². The van der Waals surface area contributed by atoms with Crippen molar-refractivity contribution in [3.05, 3.63) is 0 Å². The molecule has 0 aromatic rings. The van der Waals surface area contributed by atoms with Crippen molar-refractivity contribution < 1.29 is 4.74 Å². The van der Waals surface area contributed by atoms with Gasteiger partial charge in [0.1, 0.15) is 0 Å². The van der Waals surface area contributed by atoms with E-state index >= 15 is 0 Å². The van der Waals surface area contributed by atoms with Crippen LogP contribution in [0.3, 0.4) is 0 Å². The molecule has 0 aromatic heterocycles. The Kier molecular flexibility index (Phi) is 3.62. The quantitative estimate of drug-likeness (QED) is 0.675. The van der Waals surface area contributed by atoms with Crippen LogP contribution in [0.1, 0.15) is 38.5 Å². The van der Waals surface area contributed by atoms with Gasteiger partial charge in [-0.15, -0.1) is 0 Å². The van der Waals surface area contributed by atoms with Crippen molar-refractivity contribution >= 4 is 0 Å². The third-order valence-electron chi connectivity index (χ3n) is 3.31. The van der Waals surface area contributed by atoms with Gasteiger partial charge in [-0.1, -0.05) is 25.7 Å². The zero-order chi connectivity index (χ0) is 8.93. The minimum absolute atomic E-state index is 0.670. The van der Waals surface area contributed by atoms with Crippen molar-refractivity contribution in [2.45, 2.75) is 44.6 Å². The first-order valence-corrected chi connectivity index (χ1v) is 5.76. The highest BCUT2D eigenvalue weighted by molar-refractivity contribution is 4.75. The molecule has 1 aliphatic carbocycles. The fraction of sp³-hybridized carbons (Fsp3) is 1.00. The van der Waals surface area contributed by atoms with Crippen molar-refractivity contribution in [2.24, 2.45) is 5.92 Å². The Morgan fingerprint density at radius 3 is 2.23 bits per heavy atom. The summed E-state index contributed by atoms with van der Waals surface area (Å²) >= 11 is 0. The first-order chi connectivity index (χ1) is 6.45. The molecule has 2 fully saturated rings. The molecule has 0 atom stereocenters. The number of nitrogens with one attached hydrogen (secondary N) is 1. The average molecular weight is 183 g/mol. The Balaban J connectivity index is 1.61. The molecule has 0 radical (unpaired) electrons. The SMILES string of the molecule is C1CCCC(CNC2COC2)CC1. The molecule has 1 saturated heterocycles. The number of rotatable bonds is 3. The molecular weight excluding hydrogens is 162 g/mol. The molecule has 0 spiro atoms. The summed E-state index contributed by atoms with van der Waals surface area (Å²) in [7, 11) is 0. The molecule has 0 amide bonds. The highest BCUT2D eigenvalue weighted by Gasteiger charge is 2.19. The van der Waals surface area contributed by atoms with E-state index < -0.39 is 0 Å². The van der Waals surface area contributed by atoms with Gasteiger partial charge in [-0.25, -0.2) is 0 Å². The lowest BCUT2D eigenvalue weighted by Crippen LogP contribution is -2.47. The van der Waals surface area contributed by atoms with Crippen LogP contribution in [0.15, 0.2) is 0 Å². The van der Waals surface area contributed by atoms with Crippen LogP contribution >= 0.6 is 0 Å². The second kappa shape index (κ2) is 4.97. The summed E-state index contributed by atoms with van der Waals surface area (Å²) in [6.07, 6.45) is 8.72. The predicted octanol–water partition coefficient (Wildman–Crippen LogP) is 1.95. The molecule has 1 aliphatic heterocycles. The van der Waals surface area contributed by atoms with Gasteiger partial charge in [-0.3, -0.25) is 0 Å². The highest BCUT2D eigenvalue weighted by Crippen LogP contribution is 2.22. The van der Waals surface area contributed by atoms with Gasteiger partial charge >= 0.3 is 0 Å². The zero-order valence-corrected chi connectivity index (χ0v) is 8.43. The molecule has 2 heteroatoms. The summed E-state index contributed by atoms with van der Waals surface area (Å²) < 4.78 is 5.14. The summed E-state index contributed by atoms with van der Waals surface area (Å²) in [4.78, 5) is 0. The first-order valence-electron chi connectivity index (χ1n) is 5.76. The van der Waals surface area contributed by atoms with E-state index in [-0.39, 0.29) is 0 Å². The monoisotopic (exact) mass is 183 g/mol. The fourth-order valence-corrected chi connectivity index (χ4v) is 2.25. The van der Waals surface area contributed by atoms with E-state index in [2.05, 4.69) is 5.32 Å². The second-order valence-corrected chi connectivity index (χ2v) is 4.50. The number of ether oxygens (including phenoxy) is 1. The van der Waals surface area contributed by atoms with Crippen LogP contribution in [-0.2, 0) is 4.74 Å². The molecular formula is C11H21NO. The van der Waals surface area contributed by atoms with Crippen LogP contribution in [-0.4, -0.2) is 25.8 Å². The minimum Gasteiger partial charge on any atom is -0.378 e. The van der Waals surface area contributed by atoms with Gasteiger partial charge in [0, 0.05) is 0 Å². The topological polar surface area (TPSA) is 21.3 Å². The molecule has 0 bridgehead atoms. The largest absolute Gasteiger partial charge is 0.378 e. The zero-order valence-electron chi connectivity index (χ0n) is 8.43. The molecule has 0 unspecified atom stereocenters. The van der Waals surface area contributed by atoms with Crippen molar-refractivity contribution in [3.8, 4) is 0 Å². The lowest BCUT2D eigenvalue weighted by molar-refractivity contribution is -0.00668. The molecule has 2 nitrogen and oxygen atoms in total. The van der Waals surface area contributed by atoms with E-state index in [1.165, 1.54) is 45.1 Å². The summed E-state index contributed by atoms with van der Waals surface area (Å²) in [5, 5.41) is 3.59. The third kappa shape index (κ3) is 2.96. The average Bonchev–Trinajstić information content (AvgIpc) is 2.30. The predicted molar refractivity (Wildman–Crippen MR) is 53.8 cm³/mol.